The van der Waals surface area contributed by atoms with Crippen molar-refractivity contribution in [3.8, 4) is 11.5 Å². The third-order valence-electron chi connectivity index (χ3n) is 2.65. The molecule has 0 saturated carbocycles. The van der Waals surface area contributed by atoms with E-state index in [1.54, 1.807) is 21.3 Å². The normalized spacial score (nSPS) is 12.2. The fourth-order valence-corrected chi connectivity index (χ4v) is 1.77. The van der Waals surface area contributed by atoms with E-state index in [2.05, 4.69) is 18.3 Å². The third-order valence-corrected chi connectivity index (χ3v) is 2.65. The van der Waals surface area contributed by atoms with Gasteiger partial charge >= 0.3 is 0 Å². The van der Waals surface area contributed by atoms with Crippen LogP contribution in [0.4, 0.5) is 0 Å². The van der Waals surface area contributed by atoms with Crippen LogP contribution in [0.25, 0.3) is 0 Å². The predicted molar refractivity (Wildman–Crippen MR) is 66.5 cm³/mol. The summed E-state index contributed by atoms with van der Waals surface area (Å²) in [5, 5.41) is 2.22. The molecule has 0 aliphatic rings. The van der Waals surface area contributed by atoms with Gasteiger partial charge in [0, 0.05) is 7.11 Å². The Balaban J connectivity index is 2.70. The number of hydrogen-bond donors (Lipinski definition) is 1. The zero-order chi connectivity index (χ0) is 12.7. The second kappa shape index (κ2) is 7.14. The zero-order valence-electron chi connectivity index (χ0n) is 11.0. The molecule has 17 heavy (non-hydrogen) atoms. The third kappa shape index (κ3) is 3.91. The zero-order valence-corrected chi connectivity index (χ0v) is 11.0. The molecule has 0 bridgehead atoms. The summed E-state index contributed by atoms with van der Waals surface area (Å²) in [4.78, 5) is 0. The lowest BCUT2D eigenvalue weighted by Gasteiger charge is -2.14. The molecule has 0 amide bonds. The highest BCUT2D eigenvalue weighted by molar-refractivity contribution is 5.46. The highest BCUT2D eigenvalue weighted by Gasteiger charge is 2.12. The van der Waals surface area contributed by atoms with Gasteiger partial charge in [0.2, 0.25) is 0 Å². The number of nitrogens with two attached hydrogens (primary N) is 1. The molecule has 0 saturated heterocycles. The Morgan fingerprint density at radius 1 is 1.18 bits per heavy atom. The highest BCUT2D eigenvalue weighted by atomic mass is 16.5. The minimum absolute atomic E-state index is 0.427. The lowest BCUT2D eigenvalue weighted by Crippen LogP contribution is -2.88. The molecule has 1 aromatic carbocycles. The lowest BCUT2D eigenvalue weighted by molar-refractivity contribution is -0.702. The Morgan fingerprint density at radius 3 is 2.53 bits per heavy atom. The molecule has 96 valence electrons. The molecular weight excluding hydrogens is 218 g/mol. The van der Waals surface area contributed by atoms with E-state index in [9.17, 15) is 0 Å². The molecule has 0 spiro atoms. The van der Waals surface area contributed by atoms with E-state index in [0.717, 1.165) is 30.2 Å². The maximum Gasteiger partial charge on any atom is 0.169 e. The highest BCUT2D eigenvalue weighted by Crippen LogP contribution is 2.29. The van der Waals surface area contributed by atoms with Gasteiger partial charge in [-0.05, 0) is 19.1 Å². The van der Waals surface area contributed by atoms with E-state index < -0.39 is 0 Å². The van der Waals surface area contributed by atoms with E-state index in [1.807, 2.05) is 12.1 Å². The molecule has 1 unspecified atom stereocenters. The molecule has 4 heteroatoms. The van der Waals surface area contributed by atoms with Crippen molar-refractivity contribution in [2.45, 2.75) is 19.5 Å². The number of quaternary nitrogens is 1. The number of hydrogen-bond acceptors (Lipinski definition) is 3. The summed E-state index contributed by atoms with van der Waals surface area (Å²) in [5.74, 6) is 1.59. The van der Waals surface area contributed by atoms with Crippen molar-refractivity contribution in [1.82, 2.24) is 0 Å². The molecule has 0 heterocycles. The van der Waals surface area contributed by atoms with Crippen LogP contribution in [0.1, 0.15) is 12.5 Å². The topological polar surface area (TPSA) is 44.3 Å². The summed E-state index contributed by atoms with van der Waals surface area (Å²) in [7, 11) is 5.04. The van der Waals surface area contributed by atoms with E-state index >= 15 is 0 Å². The van der Waals surface area contributed by atoms with Crippen LogP contribution < -0.4 is 14.8 Å². The monoisotopic (exact) mass is 240 g/mol. The summed E-state index contributed by atoms with van der Waals surface area (Å²) in [6.45, 7) is 3.73. The van der Waals surface area contributed by atoms with Crippen molar-refractivity contribution in [1.29, 1.82) is 0 Å². The van der Waals surface area contributed by atoms with Crippen LogP contribution in [-0.4, -0.2) is 34.0 Å². The molecule has 0 aliphatic heterocycles. The van der Waals surface area contributed by atoms with Crippen LogP contribution >= 0.6 is 0 Å². The number of para-hydroxylation sites is 1. The minimum Gasteiger partial charge on any atom is -0.493 e. The molecule has 0 fully saturated rings. The van der Waals surface area contributed by atoms with Gasteiger partial charge in [0.05, 0.1) is 26.4 Å². The maximum absolute atomic E-state index is 5.38. The van der Waals surface area contributed by atoms with Gasteiger partial charge in [0.25, 0.3) is 0 Å². The van der Waals surface area contributed by atoms with Crippen LogP contribution in [0.5, 0.6) is 11.5 Å². The van der Waals surface area contributed by atoms with Gasteiger partial charge in [-0.25, -0.2) is 0 Å². The molecule has 0 aromatic heterocycles. The predicted octanol–water partition coefficient (Wildman–Crippen LogP) is 0.802. The van der Waals surface area contributed by atoms with Crippen molar-refractivity contribution in [3.63, 3.8) is 0 Å². The smallest absolute Gasteiger partial charge is 0.169 e. The first-order valence-electron chi connectivity index (χ1n) is 5.75. The fourth-order valence-electron chi connectivity index (χ4n) is 1.77. The van der Waals surface area contributed by atoms with Gasteiger partial charge < -0.3 is 19.5 Å². The first-order chi connectivity index (χ1) is 8.22. The summed E-state index contributed by atoms with van der Waals surface area (Å²) in [6, 6.07) is 6.36. The molecule has 4 nitrogen and oxygen atoms in total. The second-order valence-electron chi connectivity index (χ2n) is 4.03. The molecule has 0 aliphatic carbocycles. The van der Waals surface area contributed by atoms with E-state index in [-0.39, 0.29) is 0 Å². The molecule has 2 N–H and O–H groups in total. The van der Waals surface area contributed by atoms with Gasteiger partial charge in [0.1, 0.15) is 12.6 Å². The Morgan fingerprint density at radius 2 is 1.94 bits per heavy atom. The Bertz CT molecular complexity index is 341. The lowest BCUT2D eigenvalue weighted by atomic mass is 10.1. The van der Waals surface area contributed by atoms with Crippen molar-refractivity contribution in [2.75, 3.05) is 27.9 Å². The average Bonchev–Trinajstić information content (AvgIpc) is 2.36. The van der Waals surface area contributed by atoms with Crippen LogP contribution in [0.3, 0.4) is 0 Å². The molecule has 1 rings (SSSR count). The number of benzene rings is 1. The standard InChI is InChI=1S/C13H21NO3/c1-10(9-15-2)14-8-11-6-5-7-12(16-3)13(11)17-4/h5-7,10,14H,8-9H2,1-4H3/p+1. The summed E-state index contributed by atoms with van der Waals surface area (Å²) in [5.41, 5.74) is 1.13. The van der Waals surface area contributed by atoms with Crippen LogP contribution in [0.15, 0.2) is 18.2 Å². The summed E-state index contributed by atoms with van der Waals surface area (Å²) in [6.07, 6.45) is 0. The van der Waals surface area contributed by atoms with Crippen LogP contribution in [0, 0.1) is 0 Å². The number of rotatable bonds is 7. The molecular formula is C13H22NO3+. The van der Waals surface area contributed by atoms with Gasteiger partial charge in [0.15, 0.2) is 11.5 Å². The van der Waals surface area contributed by atoms with Gasteiger partial charge in [-0.15, -0.1) is 0 Å². The first kappa shape index (κ1) is 13.8. The maximum atomic E-state index is 5.38. The van der Waals surface area contributed by atoms with Gasteiger partial charge in [-0.1, -0.05) is 6.07 Å². The Hall–Kier alpha value is -1.26. The second-order valence-corrected chi connectivity index (χ2v) is 4.03. The van der Waals surface area contributed by atoms with Crippen LogP contribution in [0.2, 0.25) is 0 Å². The van der Waals surface area contributed by atoms with E-state index in [1.165, 1.54) is 0 Å². The van der Waals surface area contributed by atoms with Crippen molar-refractivity contribution in [2.24, 2.45) is 0 Å². The average molecular weight is 240 g/mol. The number of ether oxygens (including phenoxy) is 3. The Labute approximate surface area is 103 Å². The minimum atomic E-state index is 0.427. The largest absolute Gasteiger partial charge is 0.493 e. The van der Waals surface area contributed by atoms with Gasteiger partial charge in [-0.2, -0.15) is 0 Å². The van der Waals surface area contributed by atoms with Gasteiger partial charge in [-0.3, -0.25) is 0 Å². The van der Waals surface area contributed by atoms with Crippen molar-refractivity contribution >= 4 is 0 Å². The quantitative estimate of drug-likeness (QED) is 0.767. The Kier molecular flexibility index (Phi) is 5.80. The summed E-state index contributed by atoms with van der Waals surface area (Å²) >= 11 is 0. The SMILES string of the molecule is COCC(C)[NH2+]Cc1cccc(OC)c1OC. The summed E-state index contributed by atoms with van der Waals surface area (Å²) < 4.78 is 15.8. The fraction of sp³-hybridized carbons (Fsp3) is 0.538. The first-order valence-corrected chi connectivity index (χ1v) is 5.75. The van der Waals surface area contributed by atoms with Crippen molar-refractivity contribution in [3.05, 3.63) is 23.8 Å². The molecule has 1 aromatic rings. The van der Waals surface area contributed by atoms with E-state index in [0.29, 0.717) is 6.04 Å². The molecule has 1 atom stereocenters. The van der Waals surface area contributed by atoms with Crippen LogP contribution in [-0.2, 0) is 11.3 Å². The number of methoxy groups -OCH3 is 3. The van der Waals surface area contributed by atoms with E-state index in [4.69, 9.17) is 14.2 Å². The molecule has 0 radical (unpaired) electrons. The van der Waals surface area contributed by atoms with Crippen molar-refractivity contribution < 1.29 is 19.5 Å².